The summed E-state index contributed by atoms with van der Waals surface area (Å²) < 4.78 is 6.47. The zero-order chi connectivity index (χ0) is 15.5. The molecule has 0 fully saturated rings. The van der Waals surface area contributed by atoms with Gasteiger partial charge < -0.3 is 4.74 Å². The van der Waals surface area contributed by atoms with Crippen LogP contribution >= 0.6 is 27.3 Å². The number of halogens is 1. The highest BCUT2D eigenvalue weighted by Crippen LogP contribution is 2.22. The lowest BCUT2D eigenvalue weighted by molar-refractivity contribution is 0.0423. The Bertz CT molecular complexity index is 403. The van der Waals surface area contributed by atoms with Crippen LogP contribution in [0.3, 0.4) is 0 Å². The summed E-state index contributed by atoms with van der Waals surface area (Å²) >= 11 is 4.89. The van der Waals surface area contributed by atoms with Crippen LogP contribution in [-0.2, 0) is 4.74 Å². The third-order valence-corrected chi connectivity index (χ3v) is 5.19. The van der Waals surface area contributed by atoms with Crippen molar-refractivity contribution in [3.63, 3.8) is 0 Å². The lowest BCUT2D eigenvalue weighted by atomic mass is 9.96. The maximum Gasteiger partial charge on any atom is 0.339 e. The lowest BCUT2D eigenvalue weighted by Crippen LogP contribution is -2.14. The molecule has 0 aliphatic rings. The normalized spacial score (nSPS) is 12.3. The fourth-order valence-corrected chi connectivity index (χ4v) is 3.48. The van der Waals surface area contributed by atoms with E-state index in [0.717, 1.165) is 3.79 Å². The number of unbranched alkanes of at least 4 members (excludes halogenated alkanes) is 4. The van der Waals surface area contributed by atoms with Gasteiger partial charge in [-0.15, -0.1) is 11.3 Å². The minimum Gasteiger partial charge on any atom is -0.462 e. The highest BCUT2D eigenvalue weighted by Gasteiger charge is 2.14. The van der Waals surface area contributed by atoms with E-state index >= 15 is 0 Å². The molecule has 1 atom stereocenters. The average Bonchev–Trinajstić information content (AvgIpc) is 2.92. The van der Waals surface area contributed by atoms with Crippen molar-refractivity contribution < 1.29 is 9.53 Å². The van der Waals surface area contributed by atoms with Crippen molar-refractivity contribution in [2.24, 2.45) is 5.92 Å². The van der Waals surface area contributed by atoms with Gasteiger partial charge in [-0.3, -0.25) is 0 Å². The molecule has 0 N–H and O–H groups in total. The molecule has 1 heterocycles. The van der Waals surface area contributed by atoms with Crippen molar-refractivity contribution in [2.45, 2.75) is 65.2 Å². The molecule has 1 aromatic heterocycles. The summed E-state index contributed by atoms with van der Waals surface area (Å²) in [5.74, 6) is 0.333. The van der Waals surface area contributed by atoms with Crippen LogP contribution in [0, 0.1) is 5.92 Å². The van der Waals surface area contributed by atoms with Crippen LogP contribution in [0.4, 0.5) is 0 Å². The van der Waals surface area contributed by atoms with Gasteiger partial charge in [-0.05, 0) is 40.8 Å². The molecule has 0 bridgehead atoms. The zero-order valence-electron chi connectivity index (χ0n) is 13.2. The Morgan fingerprint density at radius 1 is 1.19 bits per heavy atom. The number of thiophene rings is 1. The van der Waals surface area contributed by atoms with Crippen LogP contribution in [0.5, 0.6) is 0 Å². The maximum absolute atomic E-state index is 12.0. The summed E-state index contributed by atoms with van der Waals surface area (Å²) in [5, 5.41) is 1.84. The molecule has 0 saturated heterocycles. The van der Waals surface area contributed by atoms with E-state index in [1.807, 2.05) is 11.4 Å². The molecule has 0 radical (unpaired) electrons. The molecule has 0 spiro atoms. The van der Waals surface area contributed by atoms with Crippen LogP contribution in [0.25, 0.3) is 0 Å². The summed E-state index contributed by atoms with van der Waals surface area (Å²) in [6.45, 7) is 5.01. The SMILES string of the molecule is CCCCCCC(CCCC)COC(=O)c1csc(Br)c1. The van der Waals surface area contributed by atoms with Crippen molar-refractivity contribution in [1.29, 1.82) is 0 Å². The van der Waals surface area contributed by atoms with Crippen molar-refractivity contribution in [2.75, 3.05) is 6.61 Å². The molecule has 1 unspecified atom stereocenters. The van der Waals surface area contributed by atoms with Gasteiger partial charge in [0.1, 0.15) is 0 Å². The van der Waals surface area contributed by atoms with E-state index < -0.39 is 0 Å². The number of ether oxygens (including phenoxy) is 1. The van der Waals surface area contributed by atoms with Crippen molar-refractivity contribution in [3.8, 4) is 0 Å². The minimum absolute atomic E-state index is 0.188. The first-order valence-electron chi connectivity index (χ1n) is 8.08. The van der Waals surface area contributed by atoms with Gasteiger partial charge in [0.05, 0.1) is 16.0 Å². The predicted octanol–water partition coefficient (Wildman–Crippen LogP) is 6.44. The largest absolute Gasteiger partial charge is 0.462 e. The van der Waals surface area contributed by atoms with E-state index in [1.54, 1.807) is 0 Å². The zero-order valence-corrected chi connectivity index (χ0v) is 15.6. The molecule has 0 aliphatic heterocycles. The number of hydrogen-bond acceptors (Lipinski definition) is 3. The summed E-state index contributed by atoms with van der Waals surface area (Å²) in [6.07, 6.45) is 9.90. The smallest absolute Gasteiger partial charge is 0.339 e. The Morgan fingerprint density at radius 2 is 1.90 bits per heavy atom. The van der Waals surface area contributed by atoms with Gasteiger partial charge in [0.25, 0.3) is 0 Å². The Balaban J connectivity index is 2.35. The van der Waals surface area contributed by atoms with Gasteiger partial charge in [-0.2, -0.15) is 0 Å². The molecule has 1 rings (SSSR count). The number of hydrogen-bond donors (Lipinski definition) is 0. The molecule has 0 aromatic carbocycles. The molecule has 21 heavy (non-hydrogen) atoms. The van der Waals surface area contributed by atoms with E-state index in [1.165, 1.54) is 62.7 Å². The summed E-state index contributed by atoms with van der Waals surface area (Å²) in [7, 11) is 0. The van der Waals surface area contributed by atoms with Gasteiger partial charge in [-0.25, -0.2) is 4.79 Å². The number of carbonyl (C=O) groups is 1. The standard InChI is InChI=1S/C17H27BrO2S/c1-3-5-7-8-10-14(9-6-4-2)12-20-17(19)15-11-16(18)21-13-15/h11,13-14H,3-10,12H2,1-2H3. The molecule has 0 saturated carbocycles. The molecule has 120 valence electrons. The molecule has 0 amide bonds. The Hall–Kier alpha value is -0.350. The first kappa shape index (κ1) is 18.7. The number of carbonyl (C=O) groups excluding carboxylic acids is 1. The fraction of sp³-hybridized carbons (Fsp3) is 0.706. The van der Waals surface area contributed by atoms with E-state index in [0.29, 0.717) is 18.1 Å². The Labute approximate surface area is 141 Å². The van der Waals surface area contributed by atoms with Crippen LogP contribution in [0.15, 0.2) is 15.2 Å². The minimum atomic E-state index is -0.188. The van der Waals surface area contributed by atoms with Gasteiger partial charge >= 0.3 is 5.97 Å². The summed E-state index contributed by atoms with van der Waals surface area (Å²) in [5.41, 5.74) is 0.659. The van der Waals surface area contributed by atoms with Gasteiger partial charge in [-0.1, -0.05) is 52.4 Å². The predicted molar refractivity (Wildman–Crippen MR) is 94.1 cm³/mol. The second-order valence-corrected chi connectivity index (χ2v) is 7.89. The summed E-state index contributed by atoms with van der Waals surface area (Å²) in [4.78, 5) is 12.0. The van der Waals surface area contributed by atoms with E-state index in [2.05, 4.69) is 29.8 Å². The second kappa shape index (κ2) is 11.2. The van der Waals surface area contributed by atoms with Crippen LogP contribution in [-0.4, -0.2) is 12.6 Å². The second-order valence-electron chi connectivity index (χ2n) is 5.60. The molecular weight excluding hydrogens is 348 g/mol. The number of esters is 1. The molecule has 0 aliphatic carbocycles. The van der Waals surface area contributed by atoms with Crippen LogP contribution < -0.4 is 0 Å². The lowest BCUT2D eigenvalue weighted by Gasteiger charge is -2.16. The van der Waals surface area contributed by atoms with Crippen molar-refractivity contribution >= 4 is 33.2 Å². The molecule has 4 heteroatoms. The Morgan fingerprint density at radius 3 is 2.52 bits per heavy atom. The Kier molecular flexibility index (Phi) is 10.0. The quantitative estimate of drug-likeness (QED) is 0.328. The van der Waals surface area contributed by atoms with Crippen LogP contribution in [0.2, 0.25) is 0 Å². The maximum atomic E-state index is 12.0. The average molecular weight is 375 g/mol. The monoisotopic (exact) mass is 374 g/mol. The third kappa shape index (κ3) is 8.01. The number of rotatable bonds is 11. The molecule has 2 nitrogen and oxygen atoms in total. The van der Waals surface area contributed by atoms with Gasteiger partial charge in [0, 0.05) is 5.38 Å². The highest BCUT2D eigenvalue weighted by atomic mass is 79.9. The summed E-state index contributed by atoms with van der Waals surface area (Å²) in [6, 6.07) is 1.83. The fourth-order valence-electron chi connectivity index (χ4n) is 2.36. The van der Waals surface area contributed by atoms with Crippen LogP contribution in [0.1, 0.15) is 75.6 Å². The topological polar surface area (TPSA) is 26.3 Å². The third-order valence-electron chi connectivity index (χ3n) is 3.69. The van der Waals surface area contributed by atoms with E-state index in [9.17, 15) is 4.79 Å². The molecule has 1 aromatic rings. The van der Waals surface area contributed by atoms with Crippen molar-refractivity contribution in [3.05, 3.63) is 20.8 Å². The van der Waals surface area contributed by atoms with E-state index in [-0.39, 0.29) is 5.97 Å². The van der Waals surface area contributed by atoms with Gasteiger partial charge in [0.15, 0.2) is 0 Å². The van der Waals surface area contributed by atoms with Gasteiger partial charge in [0.2, 0.25) is 0 Å². The highest BCUT2D eigenvalue weighted by molar-refractivity contribution is 9.11. The molecular formula is C17H27BrO2S. The van der Waals surface area contributed by atoms with Crippen molar-refractivity contribution in [1.82, 2.24) is 0 Å². The first-order chi connectivity index (χ1) is 10.2. The van der Waals surface area contributed by atoms with E-state index in [4.69, 9.17) is 4.74 Å². The first-order valence-corrected chi connectivity index (χ1v) is 9.75.